The molecule has 0 unspecified atom stereocenters. The van der Waals surface area contributed by atoms with Gasteiger partial charge in [-0.05, 0) is 68.2 Å². The van der Waals surface area contributed by atoms with E-state index in [4.69, 9.17) is 0 Å². The van der Waals surface area contributed by atoms with Gasteiger partial charge in [0.25, 0.3) is 0 Å². The van der Waals surface area contributed by atoms with Gasteiger partial charge in [0.2, 0.25) is 5.91 Å². The second-order valence-electron chi connectivity index (χ2n) is 7.99. The number of carbonyl (C=O) groups excluding carboxylic acids is 1. The van der Waals surface area contributed by atoms with Crippen LogP contribution in [0.1, 0.15) is 43.0 Å². The van der Waals surface area contributed by atoms with Crippen LogP contribution >= 0.6 is 35.3 Å². The number of amides is 1. The van der Waals surface area contributed by atoms with Gasteiger partial charge in [0.15, 0.2) is 5.96 Å². The van der Waals surface area contributed by atoms with Gasteiger partial charge >= 0.3 is 0 Å². The van der Waals surface area contributed by atoms with Gasteiger partial charge in [-0.15, -0.1) is 35.3 Å². The summed E-state index contributed by atoms with van der Waals surface area (Å²) in [6, 6.07) is 2.15. The van der Waals surface area contributed by atoms with Gasteiger partial charge < -0.3 is 20.4 Å². The van der Waals surface area contributed by atoms with Crippen molar-refractivity contribution < 1.29 is 4.79 Å². The standard InChI is InChI=1S/C21H35N5OS.HI/c1-17-5-12-25(13-6-17)11-3-9-23-21(22-2)24-10-4-20(27)26-14-7-19-18(16-26)8-15-28-19;/h8,15,17H,3-7,9-14,16H2,1-2H3,(H2,22,23,24);1H. The normalized spacial score (nSPS) is 18.1. The van der Waals surface area contributed by atoms with Gasteiger partial charge in [-0.25, -0.2) is 0 Å². The van der Waals surface area contributed by atoms with E-state index in [2.05, 4.69) is 38.9 Å². The number of thiophene rings is 1. The lowest BCUT2D eigenvalue weighted by molar-refractivity contribution is -0.131. The van der Waals surface area contributed by atoms with Crippen LogP contribution in [0.25, 0.3) is 0 Å². The van der Waals surface area contributed by atoms with Gasteiger partial charge in [-0.1, -0.05) is 6.92 Å². The first kappa shape index (κ1) is 24.4. The summed E-state index contributed by atoms with van der Waals surface area (Å²) in [4.78, 5) is 22.7. The van der Waals surface area contributed by atoms with Crippen molar-refractivity contribution in [3.8, 4) is 0 Å². The second-order valence-corrected chi connectivity index (χ2v) is 8.99. The van der Waals surface area contributed by atoms with Crippen molar-refractivity contribution in [2.75, 3.05) is 46.3 Å². The molecule has 2 N–H and O–H groups in total. The number of hydrogen-bond donors (Lipinski definition) is 2. The molecule has 0 aliphatic carbocycles. The minimum absolute atomic E-state index is 0. The van der Waals surface area contributed by atoms with Crippen molar-refractivity contribution in [3.05, 3.63) is 21.9 Å². The summed E-state index contributed by atoms with van der Waals surface area (Å²) in [6.07, 6.45) is 5.27. The van der Waals surface area contributed by atoms with Gasteiger partial charge in [0, 0.05) is 44.5 Å². The quantitative estimate of drug-likeness (QED) is 0.245. The molecule has 6 nitrogen and oxygen atoms in total. The predicted molar refractivity (Wildman–Crippen MR) is 132 cm³/mol. The molecule has 3 heterocycles. The van der Waals surface area contributed by atoms with E-state index in [9.17, 15) is 4.79 Å². The Labute approximate surface area is 196 Å². The highest BCUT2D eigenvalue weighted by atomic mass is 127. The number of piperidine rings is 1. The fourth-order valence-corrected chi connectivity index (χ4v) is 4.81. The number of hydrogen-bond acceptors (Lipinski definition) is 4. The van der Waals surface area contributed by atoms with E-state index in [0.29, 0.717) is 13.0 Å². The number of nitrogens with zero attached hydrogens (tertiary/aromatic N) is 3. The molecule has 1 amide bonds. The molecule has 29 heavy (non-hydrogen) atoms. The van der Waals surface area contributed by atoms with Crippen LogP contribution in [-0.2, 0) is 17.8 Å². The van der Waals surface area contributed by atoms with Crippen LogP contribution in [0.3, 0.4) is 0 Å². The highest BCUT2D eigenvalue weighted by molar-refractivity contribution is 14.0. The maximum absolute atomic E-state index is 12.5. The summed E-state index contributed by atoms with van der Waals surface area (Å²) in [5.74, 6) is 1.90. The Kier molecular flexibility index (Phi) is 10.7. The van der Waals surface area contributed by atoms with Crippen molar-refractivity contribution >= 4 is 47.2 Å². The molecule has 0 aromatic carbocycles. The fraction of sp³-hybridized carbons (Fsp3) is 0.714. The molecule has 2 aliphatic heterocycles. The summed E-state index contributed by atoms with van der Waals surface area (Å²) < 4.78 is 0. The predicted octanol–water partition coefficient (Wildman–Crippen LogP) is 2.93. The summed E-state index contributed by atoms with van der Waals surface area (Å²) in [6.45, 7) is 9.11. The Bertz CT molecular complexity index is 657. The van der Waals surface area contributed by atoms with E-state index in [1.54, 1.807) is 18.4 Å². The molecule has 0 saturated carbocycles. The summed E-state index contributed by atoms with van der Waals surface area (Å²) in [5, 5.41) is 8.77. The maximum atomic E-state index is 12.5. The van der Waals surface area contributed by atoms with Crippen molar-refractivity contribution in [2.45, 2.75) is 45.6 Å². The molecule has 0 radical (unpaired) electrons. The Balaban J connectivity index is 0.00000300. The topological polar surface area (TPSA) is 60.0 Å². The van der Waals surface area contributed by atoms with E-state index >= 15 is 0 Å². The van der Waals surface area contributed by atoms with Crippen LogP contribution < -0.4 is 10.6 Å². The van der Waals surface area contributed by atoms with E-state index in [-0.39, 0.29) is 29.9 Å². The maximum Gasteiger partial charge on any atom is 0.224 e. The fourth-order valence-electron chi connectivity index (χ4n) is 3.92. The molecule has 1 aromatic heterocycles. The molecule has 0 bridgehead atoms. The minimum atomic E-state index is 0. The first-order valence-corrected chi connectivity index (χ1v) is 11.5. The summed E-state index contributed by atoms with van der Waals surface area (Å²) in [5.41, 5.74) is 1.32. The molecule has 1 fully saturated rings. The highest BCUT2D eigenvalue weighted by Gasteiger charge is 2.21. The van der Waals surface area contributed by atoms with Gasteiger partial charge in [-0.2, -0.15) is 0 Å². The Morgan fingerprint density at radius 2 is 2.00 bits per heavy atom. The number of guanidine groups is 1. The van der Waals surface area contributed by atoms with E-state index in [0.717, 1.165) is 50.9 Å². The van der Waals surface area contributed by atoms with Gasteiger partial charge in [-0.3, -0.25) is 9.79 Å². The lowest BCUT2D eigenvalue weighted by Crippen LogP contribution is -2.42. The van der Waals surface area contributed by atoms with E-state index in [1.807, 2.05) is 4.90 Å². The molecule has 0 spiro atoms. The van der Waals surface area contributed by atoms with Crippen molar-refractivity contribution in [3.63, 3.8) is 0 Å². The highest BCUT2D eigenvalue weighted by Crippen LogP contribution is 2.24. The van der Waals surface area contributed by atoms with Gasteiger partial charge in [0.1, 0.15) is 0 Å². The first-order chi connectivity index (χ1) is 13.7. The van der Waals surface area contributed by atoms with Crippen LogP contribution in [0.15, 0.2) is 16.4 Å². The molecule has 1 aromatic rings. The molecule has 2 aliphatic rings. The molecule has 8 heteroatoms. The lowest BCUT2D eigenvalue weighted by atomic mass is 9.99. The van der Waals surface area contributed by atoms with Crippen LogP contribution in [0, 0.1) is 5.92 Å². The zero-order valence-electron chi connectivity index (χ0n) is 17.8. The number of nitrogens with one attached hydrogen (secondary N) is 2. The molecule has 164 valence electrons. The first-order valence-electron chi connectivity index (χ1n) is 10.7. The van der Waals surface area contributed by atoms with Crippen LogP contribution in [0.2, 0.25) is 0 Å². The summed E-state index contributed by atoms with van der Waals surface area (Å²) in [7, 11) is 1.78. The average molecular weight is 534 g/mol. The average Bonchev–Trinajstić information content (AvgIpc) is 3.18. The zero-order valence-corrected chi connectivity index (χ0v) is 20.9. The summed E-state index contributed by atoms with van der Waals surface area (Å²) >= 11 is 1.80. The lowest BCUT2D eigenvalue weighted by Gasteiger charge is -2.30. The smallest absolute Gasteiger partial charge is 0.224 e. The molecular formula is C21H36IN5OS. The number of rotatable bonds is 7. The number of likely N-dealkylation sites (tertiary alicyclic amines) is 1. The Morgan fingerprint density at radius 1 is 1.24 bits per heavy atom. The van der Waals surface area contributed by atoms with Crippen LogP contribution in [0.5, 0.6) is 0 Å². The minimum Gasteiger partial charge on any atom is -0.356 e. The number of carbonyl (C=O) groups is 1. The van der Waals surface area contributed by atoms with Crippen LogP contribution in [-0.4, -0.2) is 68.0 Å². The molecule has 3 rings (SSSR count). The van der Waals surface area contributed by atoms with Crippen molar-refractivity contribution in [1.29, 1.82) is 0 Å². The third kappa shape index (κ3) is 7.71. The SMILES string of the molecule is CN=C(NCCCN1CCC(C)CC1)NCCC(=O)N1CCc2sccc2C1.I. The van der Waals surface area contributed by atoms with Crippen molar-refractivity contribution in [1.82, 2.24) is 20.4 Å². The third-order valence-corrected chi connectivity index (χ3v) is 6.86. The molecule has 0 atom stereocenters. The van der Waals surface area contributed by atoms with E-state index < -0.39 is 0 Å². The largest absolute Gasteiger partial charge is 0.356 e. The molecular weight excluding hydrogens is 497 g/mol. The van der Waals surface area contributed by atoms with Gasteiger partial charge in [0.05, 0.1) is 0 Å². The number of halogens is 1. The van der Waals surface area contributed by atoms with E-state index in [1.165, 1.54) is 36.4 Å². The second kappa shape index (κ2) is 12.7. The van der Waals surface area contributed by atoms with Crippen LogP contribution in [0.4, 0.5) is 0 Å². The number of aliphatic imine (C=N–C) groups is 1. The third-order valence-electron chi connectivity index (χ3n) is 5.84. The monoisotopic (exact) mass is 533 g/mol. The Hall–Kier alpha value is -0.870. The molecule has 1 saturated heterocycles. The zero-order chi connectivity index (χ0) is 19.8. The number of fused-ring (bicyclic) bond motifs is 1. The Morgan fingerprint density at radius 3 is 2.76 bits per heavy atom. The van der Waals surface area contributed by atoms with Crippen molar-refractivity contribution in [2.24, 2.45) is 10.9 Å².